The first-order valence-corrected chi connectivity index (χ1v) is 6.99. The number of aliphatic carboxylic acids is 1. The van der Waals surface area contributed by atoms with Gasteiger partial charge in [-0.05, 0) is 18.2 Å². The van der Waals surface area contributed by atoms with Crippen LogP contribution in [0.2, 0.25) is 0 Å². The summed E-state index contributed by atoms with van der Waals surface area (Å²) in [6.07, 6.45) is -0.659. The highest BCUT2D eigenvalue weighted by molar-refractivity contribution is 5.99. The van der Waals surface area contributed by atoms with Crippen molar-refractivity contribution in [2.45, 2.75) is 12.5 Å². The van der Waals surface area contributed by atoms with E-state index in [1.165, 1.54) is 12.1 Å². The van der Waals surface area contributed by atoms with Crippen molar-refractivity contribution in [1.82, 2.24) is 10.6 Å². The molecule has 0 aliphatic rings. The van der Waals surface area contributed by atoms with Crippen LogP contribution in [-0.4, -0.2) is 47.3 Å². The number of carbonyl (C=O) groups is 4. The summed E-state index contributed by atoms with van der Waals surface area (Å²) in [7, 11) is 0. The Hall–Kier alpha value is -3.63. The van der Waals surface area contributed by atoms with Crippen molar-refractivity contribution in [2.75, 3.05) is 11.9 Å². The molecule has 3 amide bonds. The number of nitrogens with one attached hydrogen (secondary N) is 4. The van der Waals surface area contributed by atoms with Gasteiger partial charge in [0.05, 0.1) is 13.0 Å². The van der Waals surface area contributed by atoms with E-state index in [0.717, 1.165) is 0 Å². The first-order valence-electron chi connectivity index (χ1n) is 6.99. The Labute approximate surface area is 142 Å². The standard InChI is InChI=1S/C14H18N6O5/c15-12(24)9(5-11(22)23)20-10(21)6-18-13(25)7-2-1-3-8(4-7)19-14(16)17/h1-4,9H,5-6H2,(H2,15,24)(H,18,25)(H,20,21)(H,22,23)(H4,16,17,19). The fourth-order valence-corrected chi connectivity index (χ4v) is 1.80. The maximum Gasteiger partial charge on any atom is 0.305 e. The van der Waals surface area contributed by atoms with Gasteiger partial charge in [0.25, 0.3) is 5.91 Å². The number of carboxylic acids is 1. The van der Waals surface area contributed by atoms with Crippen molar-refractivity contribution < 1.29 is 24.3 Å². The van der Waals surface area contributed by atoms with Gasteiger partial charge in [-0.25, -0.2) is 0 Å². The van der Waals surface area contributed by atoms with Crippen LogP contribution in [0.3, 0.4) is 0 Å². The monoisotopic (exact) mass is 350 g/mol. The molecule has 0 radical (unpaired) electrons. The molecule has 1 atom stereocenters. The Morgan fingerprint density at radius 1 is 1.20 bits per heavy atom. The number of nitrogens with two attached hydrogens (primary N) is 2. The first-order chi connectivity index (χ1) is 11.7. The molecule has 25 heavy (non-hydrogen) atoms. The number of primary amides is 1. The molecule has 0 aliphatic heterocycles. The number of rotatable bonds is 8. The lowest BCUT2D eigenvalue weighted by Gasteiger charge is -2.13. The van der Waals surface area contributed by atoms with Gasteiger partial charge in [0, 0.05) is 11.3 Å². The highest BCUT2D eigenvalue weighted by Crippen LogP contribution is 2.10. The fraction of sp³-hybridized carbons (Fsp3) is 0.214. The van der Waals surface area contributed by atoms with E-state index in [1.807, 2.05) is 0 Å². The van der Waals surface area contributed by atoms with Gasteiger partial charge in [0.15, 0.2) is 5.96 Å². The first kappa shape index (κ1) is 19.4. The summed E-state index contributed by atoms with van der Waals surface area (Å²) in [5.74, 6) is -3.95. The lowest BCUT2D eigenvalue weighted by Crippen LogP contribution is -2.48. The number of hydrogen-bond donors (Lipinski definition) is 7. The zero-order chi connectivity index (χ0) is 19.0. The lowest BCUT2D eigenvalue weighted by atomic mass is 10.2. The molecule has 1 aromatic rings. The number of hydrogen-bond acceptors (Lipinski definition) is 5. The molecule has 0 saturated carbocycles. The Balaban J connectivity index is 2.60. The van der Waals surface area contributed by atoms with Gasteiger partial charge in [-0.2, -0.15) is 0 Å². The average molecular weight is 350 g/mol. The molecule has 1 unspecified atom stereocenters. The number of amides is 3. The van der Waals surface area contributed by atoms with Crippen molar-refractivity contribution in [1.29, 1.82) is 5.41 Å². The maximum atomic E-state index is 12.0. The molecule has 0 aromatic heterocycles. The summed E-state index contributed by atoms with van der Waals surface area (Å²) >= 11 is 0. The largest absolute Gasteiger partial charge is 0.481 e. The molecular weight excluding hydrogens is 332 g/mol. The van der Waals surface area contributed by atoms with Crippen LogP contribution in [0.25, 0.3) is 0 Å². The van der Waals surface area contributed by atoms with E-state index in [-0.39, 0.29) is 11.5 Å². The van der Waals surface area contributed by atoms with Crippen LogP contribution in [-0.2, 0) is 14.4 Å². The topological polar surface area (TPSA) is 200 Å². The lowest BCUT2D eigenvalue weighted by molar-refractivity contribution is -0.140. The van der Waals surface area contributed by atoms with E-state index in [9.17, 15) is 19.2 Å². The van der Waals surface area contributed by atoms with E-state index in [2.05, 4.69) is 16.0 Å². The van der Waals surface area contributed by atoms with E-state index >= 15 is 0 Å². The summed E-state index contributed by atoms with van der Waals surface area (Å²) in [5.41, 5.74) is 10.8. The van der Waals surface area contributed by atoms with Crippen LogP contribution in [0.1, 0.15) is 16.8 Å². The zero-order valence-electron chi connectivity index (χ0n) is 13.0. The highest BCUT2D eigenvalue weighted by atomic mass is 16.4. The molecule has 0 saturated heterocycles. The van der Waals surface area contributed by atoms with Crippen molar-refractivity contribution in [2.24, 2.45) is 11.5 Å². The van der Waals surface area contributed by atoms with Crippen molar-refractivity contribution >= 4 is 35.3 Å². The molecule has 1 rings (SSSR count). The second kappa shape index (κ2) is 8.86. The number of guanidine groups is 1. The molecule has 11 heteroatoms. The predicted octanol–water partition coefficient (Wildman–Crippen LogP) is -1.83. The van der Waals surface area contributed by atoms with Crippen LogP contribution in [0, 0.1) is 5.41 Å². The third kappa shape index (κ3) is 6.99. The van der Waals surface area contributed by atoms with Gasteiger partial charge >= 0.3 is 5.97 Å². The average Bonchev–Trinajstić information content (AvgIpc) is 2.51. The Morgan fingerprint density at radius 3 is 2.44 bits per heavy atom. The van der Waals surface area contributed by atoms with Gasteiger partial charge in [-0.3, -0.25) is 24.6 Å². The molecular formula is C14H18N6O5. The van der Waals surface area contributed by atoms with Crippen molar-refractivity contribution in [3.63, 3.8) is 0 Å². The Bertz CT molecular complexity index is 705. The quantitative estimate of drug-likeness (QED) is 0.211. The molecule has 1 aromatic carbocycles. The summed E-state index contributed by atoms with van der Waals surface area (Å²) in [5, 5.41) is 22.7. The predicted molar refractivity (Wildman–Crippen MR) is 87.7 cm³/mol. The highest BCUT2D eigenvalue weighted by Gasteiger charge is 2.21. The molecule has 11 nitrogen and oxygen atoms in total. The summed E-state index contributed by atoms with van der Waals surface area (Å²) in [6, 6.07) is 4.68. The second-order valence-electron chi connectivity index (χ2n) is 4.92. The van der Waals surface area contributed by atoms with Crippen LogP contribution in [0.4, 0.5) is 5.69 Å². The second-order valence-corrected chi connectivity index (χ2v) is 4.92. The van der Waals surface area contributed by atoms with Crippen LogP contribution >= 0.6 is 0 Å². The van der Waals surface area contributed by atoms with E-state index < -0.39 is 42.7 Å². The van der Waals surface area contributed by atoms with Gasteiger partial charge < -0.3 is 32.5 Å². The molecule has 134 valence electrons. The van der Waals surface area contributed by atoms with Gasteiger partial charge in [-0.1, -0.05) is 6.07 Å². The number of carbonyl (C=O) groups excluding carboxylic acids is 3. The Kier molecular flexibility index (Phi) is 6.88. The summed E-state index contributed by atoms with van der Waals surface area (Å²) < 4.78 is 0. The van der Waals surface area contributed by atoms with Gasteiger partial charge in [-0.15, -0.1) is 0 Å². The molecule has 0 bridgehead atoms. The normalized spacial score (nSPS) is 11.0. The molecule has 9 N–H and O–H groups in total. The third-order valence-electron chi connectivity index (χ3n) is 2.87. The van der Waals surface area contributed by atoms with Gasteiger partial charge in [0.1, 0.15) is 6.04 Å². The van der Waals surface area contributed by atoms with E-state index in [0.29, 0.717) is 5.69 Å². The van der Waals surface area contributed by atoms with E-state index in [1.54, 1.807) is 12.1 Å². The molecule has 0 fully saturated rings. The smallest absolute Gasteiger partial charge is 0.305 e. The van der Waals surface area contributed by atoms with Crippen LogP contribution in [0.5, 0.6) is 0 Å². The van der Waals surface area contributed by atoms with Crippen LogP contribution in [0.15, 0.2) is 24.3 Å². The van der Waals surface area contributed by atoms with Crippen molar-refractivity contribution in [3.05, 3.63) is 29.8 Å². The number of carboxylic acid groups (broad SMARTS) is 1. The number of anilines is 1. The van der Waals surface area contributed by atoms with Gasteiger partial charge in [0.2, 0.25) is 11.8 Å². The maximum absolute atomic E-state index is 12.0. The minimum Gasteiger partial charge on any atom is -0.481 e. The van der Waals surface area contributed by atoms with E-state index in [4.69, 9.17) is 22.0 Å². The van der Waals surface area contributed by atoms with Crippen molar-refractivity contribution in [3.8, 4) is 0 Å². The summed E-state index contributed by atoms with van der Waals surface area (Å²) in [6.45, 7) is -0.480. The minimum atomic E-state index is -1.37. The minimum absolute atomic E-state index is 0.205. The summed E-state index contributed by atoms with van der Waals surface area (Å²) in [4.78, 5) is 45.4. The SMILES string of the molecule is N=C(N)Nc1cccc(C(=O)NCC(=O)NC(CC(=O)O)C(N)=O)c1. The zero-order valence-corrected chi connectivity index (χ0v) is 13.0. The third-order valence-corrected chi connectivity index (χ3v) is 2.87. The molecule has 0 heterocycles. The molecule has 0 spiro atoms. The fourth-order valence-electron chi connectivity index (χ4n) is 1.80. The van der Waals surface area contributed by atoms with Crippen LogP contribution < -0.4 is 27.4 Å². The molecule has 0 aliphatic carbocycles. The Morgan fingerprint density at radius 2 is 1.88 bits per heavy atom. The number of benzene rings is 1.